The fraction of sp³-hybridized carbons (Fsp3) is 0.172. The summed E-state index contributed by atoms with van der Waals surface area (Å²) in [6, 6.07) is 14.3. The molecule has 2 aliphatic rings. The molecular weight excluding hydrogens is 523 g/mol. The first-order valence-electron chi connectivity index (χ1n) is 12.1. The van der Waals surface area contributed by atoms with Gasteiger partial charge in [-0.15, -0.1) is 0 Å². The number of thiazole rings is 1. The van der Waals surface area contributed by atoms with Crippen LogP contribution in [0.5, 0.6) is 5.75 Å². The third-order valence-corrected chi connectivity index (χ3v) is 7.82. The summed E-state index contributed by atoms with van der Waals surface area (Å²) in [7, 11) is 1.27. The van der Waals surface area contributed by atoms with Gasteiger partial charge in [0.2, 0.25) is 0 Å². The number of nitrogens with zero attached hydrogens (tertiary/aromatic N) is 2. The van der Waals surface area contributed by atoms with Crippen molar-refractivity contribution in [3.05, 3.63) is 94.3 Å². The zero-order chi connectivity index (χ0) is 27.4. The lowest BCUT2D eigenvalue weighted by Crippen LogP contribution is -2.29. The SMILES string of the molecule is COC(=O)c1ccc(C2/C(=C(/O)c3ccc4c(c3)CC(C)O4)C(=O)C(=O)N2c2nc3ccc(F)cc3s2)cc1. The van der Waals surface area contributed by atoms with Crippen molar-refractivity contribution < 1.29 is 33.4 Å². The molecule has 196 valence electrons. The Bertz CT molecular complexity index is 1710. The monoisotopic (exact) mass is 544 g/mol. The van der Waals surface area contributed by atoms with Crippen LogP contribution in [0.25, 0.3) is 16.0 Å². The summed E-state index contributed by atoms with van der Waals surface area (Å²) in [5.74, 6) is -2.40. The van der Waals surface area contributed by atoms with Crippen molar-refractivity contribution in [1.29, 1.82) is 0 Å². The molecule has 1 saturated heterocycles. The largest absolute Gasteiger partial charge is 0.507 e. The lowest BCUT2D eigenvalue weighted by Gasteiger charge is -2.23. The zero-order valence-corrected chi connectivity index (χ0v) is 21.6. The van der Waals surface area contributed by atoms with Crippen LogP contribution in [-0.2, 0) is 20.7 Å². The van der Waals surface area contributed by atoms with Crippen molar-refractivity contribution in [3.8, 4) is 5.75 Å². The van der Waals surface area contributed by atoms with Gasteiger partial charge in [0.25, 0.3) is 5.78 Å². The van der Waals surface area contributed by atoms with Gasteiger partial charge in [-0.25, -0.2) is 14.2 Å². The van der Waals surface area contributed by atoms with Crippen LogP contribution in [0.4, 0.5) is 9.52 Å². The second-order valence-electron chi connectivity index (χ2n) is 9.35. The number of ketones is 1. The number of halogens is 1. The van der Waals surface area contributed by atoms with Crippen LogP contribution in [-0.4, -0.2) is 41.0 Å². The van der Waals surface area contributed by atoms with Crippen LogP contribution in [0.1, 0.15) is 40.0 Å². The molecule has 3 aromatic carbocycles. The van der Waals surface area contributed by atoms with Gasteiger partial charge >= 0.3 is 11.9 Å². The second-order valence-corrected chi connectivity index (χ2v) is 10.4. The lowest BCUT2D eigenvalue weighted by atomic mass is 9.94. The molecule has 1 N–H and O–H groups in total. The second kappa shape index (κ2) is 9.32. The van der Waals surface area contributed by atoms with Gasteiger partial charge in [0.1, 0.15) is 23.4 Å². The molecule has 2 atom stereocenters. The highest BCUT2D eigenvalue weighted by Gasteiger charge is 2.48. The molecule has 2 aliphatic heterocycles. The molecule has 0 radical (unpaired) electrons. The summed E-state index contributed by atoms with van der Waals surface area (Å²) >= 11 is 1.06. The molecule has 3 heterocycles. The maximum Gasteiger partial charge on any atom is 0.337 e. The van der Waals surface area contributed by atoms with Crippen LogP contribution >= 0.6 is 11.3 Å². The summed E-state index contributed by atoms with van der Waals surface area (Å²) in [6.07, 6.45) is 0.631. The Hall–Kier alpha value is -4.57. The number of esters is 1. The van der Waals surface area contributed by atoms with Crippen molar-refractivity contribution in [3.63, 3.8) is 0 Å². The topological polar surface area (TPSA) is 106 Å². The summed E-state index contributed by atoms with van der Waals surface area (Å²) in [5.41, 5.74) is 2.34. The predicted molar refractivity (Wildman–Crippen MR) is 142 cm³/mol. The van der Waals surface area contributed by atoms with Gasteiger partial charge in [-0.3, -0.25) is 14.5 Å². The summed E-state index contributed by atoms with van der Waals surface area (Å²) in [4.78, 5) is 44.6. The third kappa shape index (κ3) is 4.13. The molecule has 8 nitrogen and oxygen atoms in total. The third-order valence-electron chi connectivity index (χ3n) is 6.81. The number of hydrogen-bond donors (Lipinski definition) is 1. The molecule has 4 aromatic rings. The van der Waals surface area contributed by atoms with Gasteiger partial charge in [0.15, 0.2) is 5.13 Å². The standard InChI is InChI=1S/C29H21FN2O6S/c1-14-11-18-12-17(7-10-21(18)38-14)25(33)23-24(15-3-5-16(6-4-15)28(36)37-2)32(27(35)26(23)34)29-31-20-9-8-19(30)13-22(20)39-29/h3-10,12-14,24,33H,11H2,1-2H3/b25-23-. The molecule has 0 bridgehead atoms. The molecule has 1 fully saturated rings. The molecule has 6 rings (SSSR count). The molecule has 1 aromatic heterocycles. The predicted octanol–water partition coefficient (Wildman–Crippen LogP) is 5.17. The smallest absolute Gasteiger partial charge is 0.337 e. The Morgan fingerprint density at radius 1 is 1.10 bits per heavy atom. The van der Waals surface area contributed by atoms with E-state index in [0.29, 0.717) is 33.5 Å². The summed E-state index contributed by atoms with van der Waals surface area (Å²) in [5, 5.41) is 11.6. The number of aliphatic hydroxyl groups is 1. The number of hydrogen-bond acceptors (Lipinski definition) is 8. The van der Waals surface area contributed by atoms with Gasteiger partial charge < -0.3 is 14.6 Å². The van der Waals surface area contributed by atoms with E-state index in [2.05, 4.69) is 4.98 Å². The number of carbonyl (C=O) groups is 3. The van der Waals surface area contributed by atoms with Crippen LogP contribution in [0.2, 0.25) is 0 Å². The maximum absolute atomic E-state index is 13.9. The Labute approximate surface area is 225 Å². The first-order chi connectivity index (χ1) is 18.7. The Morgan fingerprint density at radius 3 is 2.59 bits per heavy atom. The molecular formula is C29H21FN2O6S. The van der Waals surface area contributed by atoms with Crippen LogP contribution < -0.4 is 9.64 Å². The number of methoxy groups -OCH3 is 1. The normalized spacial score (nSPS) is 19.8. The van der Waals surface area contributed by atoms with E-state index in [-0.39, 0.29) is 28.1 Å². The van der Waals surface area contributed by atoms with E-state index >= 15 is 0 Å². The first kappa shape index (κ1) is 24.7. The van der Waals surface area contributed by atoms with Gasteiger partial charge in [-0.05, 0) is 66.6 Å². The molecule has 10 heteroatoms. The van der Waals surface area contributed by atoms with Gasteiger partial charge in [-0.2, -0.15) is 0 Å². The number of Topliss-reactive ketones (excluding diaryl/α,β-unsaturated/α-hetero) is 1. The van der Waals surface area contributed by atoms with Gasteiger partial charge in [0.05, 0.1) is 34.5 Å². The van der Waals surface area contributed by atoms with Crippen molar-refractivity contribution in [1.82, 2.24) is 4.98 Å². The van der Waals surface area contributed by atoms with E-state index in [1.54, 1.807) is 30.3 Å². The number of fused-ring (bicyclic) bond motifs is 2. The highest BCUT2D eigenvalue weighted by molar-refractivity contribution is 7.22. The van der Waals surface area contributed by atoms with E-state index < -0.39 is 29.5 Å². The Kier molecular flexibility index (Phi) is 5.91. The van der Waals surface area contributed by atoms with Crippen molar-refractivity contribution in [2.24, 2.45) is 0 Å². The number of rotatable bonds is 4. The number of amides is 1. The van der Waals surface area contributed by atoms with Crippen molar-refractivity contribution >= 4 is 50.1 Å². The fourth-order valence-electron chi connectivity index (χ4n) is 4.98. The van der Waals surface area contributed by atoms with E-state index in [1.807, 2.05) is 6.92 Å². The number of aliphatic hydroxyl groups excluding tert-OH is 1. The fourth-order valence-corrected chi connectivity index (χ4v) is 6.00. The number of anilines is 1. The minimum atomic E-state index is -1.05. The van der Waals surface area contributed by atoms with Gasteiger partial charge in [0, 0.05) is 12.0 Å². The van der Waals surface area contributed by atoms with Crippen LogP contribution in [0.15, 0.2) is 66.2 Å². The first-order valence-corrected chi connectivity index (χ1v) is 12.9. The molecule has 0 saturated carbocycles. The maximum atomic E-state index is 13.9. The Balaban J connectivity index is 1.52. The highest BCUT2D eigenvalue weighted by Crippen LogP contribution is 2.45. The molecule has 39 heavy (non-hydrogen) atoms. The Morgan fingerprint density at radius 2 is 1.85 bits per heavy atom. The summed E-state index contributed by atoms with van der Waals surface area (Å²) < 4.78 is 24.9. The van der Waals surface area contributed by atoms with E-state index in [4.69, 9.17) is 9.47 Å². The lowest BCUT2D eigenvalue weighted by molar-refractivity contribution is -0.132. The van der Waals surface area contributed by atoms with Gasteiger partial charge in [-0.1, -0.05) is 23.5 Å². The molecule has 1 amide bonds. The number of carbonyl (C=O) groups excluding carboxylic acids is 3. The van der Waals surface area contributed by atoms with E-state index in [0.717, 1.165) is 16.9 Å². The van der Waals surface area contributed by atoms with Crippen LogP contribution in [0, 0.1) is 5.82 Å². The number of ether oxygens (including phenoxy) is 2. The number of benzene rings is 3. The number of aromatic nitrogens is 1. The highest BCUT2D eigenvalue weighted by atomic mass is 32.1. The van der Waals surface area contributed by atoms with Crippen molar-refractivity contribution in [2.75, 3.05) is 12.0 Å². The minimum Gasteiger partial charge on any atom is -0.507 e. The van der Waals surface area contributed by atoms with Crippen LogP contribution in [0.3, 0.4) is 0 Å². The molecule has 0 aliphatic carbocycles. The quantitative estimate of drug-likeness (QED) is 0.164. The minimum absolute atomic E-state index is 0.0137. The average molecular weight is 545 g/mol. The van der Waals surface area contributed by atoms with Crippen molar-refractivity contribution in [2.45, 2.75) is 25.5 Å². The molecule has 2 unspecified atom stereocenters. The zero-order valence-electron chi connectivity index (χ0n) is 20.8. The van der Waals surface area contributed by atoms with E-state index in [9.17, 15) is 23.9 Å². The van der Waals surface area contributed by atoms with E-state index in [1.165, 1.54) is 42.3 Å². The average Bonchev–Trinajstić information content (AvgIpc) is 3.59. The molecule has 0 spiro atoms. The summed E-state index contributed by atoms with van der Waals surface area (Å²) in [6.45, 7) is 1.94.